The molecule has 1 saturated heterocycles. The number of aromatic carboxylic acids is 1. The number of ether oxygens (including phenoxy) is 2. The van der Waals surface area contributed by atoms with E-state index in [2.05, 4.69) is 5.10 Å². The molecule has 0 amide bonds. The quantitative estimate of drug-likeness (QED) is 0.873. The summed E-state index contributed by atoms with van der Waals surface area (Å²) in [7, 11) is 0. The van der Waals surface area contributed by atoms with Crippen LogP contribution in [0.5, 0.6) is 0 Å². The fourth-order valence-electron chi connectivity index (χ4n) is 3.62. The molecule has 27 heavy (non-hydrogen) atoms. The zero-order valence-electron chi connectivity index (χ0n) is 14.4. The first-order valence-electron chi connectivity index (χ1n) is 8.49. The summed E-state index contributed by atoms with van der Waals surface area (Å²) in [6, 6.07) is 0. The molecular weight excluding hydrogens is 369 g/mol. The molecule has 7 nitrogen and oxygen atoms in total. The summed E-state index contributed by atoms with van der Waals surface area (Å²) in [5.41, 5.74) is -0.806. The van der Waals surface area contributed by atoms with Gasteiger partial charge in [-0.25, -0.2) is 4.79 Å². The number of furan rings is 1. The fourth-order valence-corrected chi connectivity index (χ4v) is 3.62. The van der Waals surface area contributed by atoms with E-state index in [-0.39, 0.29) is 35.5 Å². The lowest BCUT2D eigenvalue weighted by Crippen LogP contribution is -2.32. The van der Waals surface area contributed by atoms with E-state index in [4.69, 9.17) is 19.0 Å². The van der Waals surface area contributed by atoms with Gasteiger partial charge < -0.3 is 19.0 Å². The predicted octanol–water partition coefficient (Wildman–Crippen LogP) is 2.94. The average Bonchev–Trinajstić information content (AvgIpc) is 3.17. The van der Waals surface area contributed by atoms with Crippen LogP contribution in [0.25, 0.3) is 11.3 Å². The molecule has 4 rings (SSSR count). The van der Waals surface area contributed by atoms with Crippen molar-refractivity contribution < 1.29 is 37.0 Å². The van der Waals surface area contributed by atoms with Crippen molar-refractivity contribution in [3.8, 4) is 11.3 Å². The van der Waals surface area contributed by atoms with E-state index in [1.165, 1.54) is 4.68 Å². The lowest BCUT2D eigenvalue weighted by atomic mass is 9.86. The molecule has 2 aromatic rings. The first-order chi connectivity index (χ1) is 12.8. The Morgan fingerprint density at radius 3 is 2.81 bits per heavy atom. The largest absolute Gasteiger partial charge is 0.475 e. The number of carboxylic acid groups (broad SMARTS) is 1. The molecule has 1 fully saturated rings. The highest BCUT2D eigenvalue weighted by Gasteiger charge is 2.46. The van der Waals surface area contributed by atoms with Crippen molar-refractivity contribution in [2.75, 3.05) is 19.8 Å². The Labute approximate surface area is 151 Å². The van der Waals surface area contributed by atoms with E-state index < -0.39 is 23.5 Å². The Balaban J connectivity index is 1.79. The van der Waals surface area contributed by atoms with Gasteiger partial charge in [0.05, 0.1) is 37.6 Å². The van der Waals surface area contributed by atoms with Gasteiger partial charge in [0.1, 0.15) is 17.4 Å². The van der Waals surface area contributed by atoms with Crippen molar-refractivity contribution in [1.82, 2.24) is 9.78 Å². The van der Waals surface area contributed by atoms with Crippen LogP contribution in [-0.4, -0.2) is 46.8 Å². The van der Waals surface area contributed by atoms with E-state index in [0.717, 1.165) is 0 Å². The minimum atomic E-state index is -4.87. The van der Waals surface area contributed by atoms with Gasteiger partial charge in [0.2, 0.25) is 5.76 Å². The summed E-state index contributed by atoms with van der Waals surface area (Å²) in [6.45, 7) is 3.51. The summed E-state index contributed by atoms with van der Waals surface area (Å²) < 4.78 is 58.3. The molecule has 0 saturated carbocycles. The maximum Gasteiger partial charge on any atom is 0.421 e. The average molecular weight is 386 g/mol. The van der Waals surface area contributed by atoms with Crippen LogP contribution in [-0.2, 0) is 28.6 Å². The van der Waals surface area contributed by atoms with Gasteiger partial charge in [-0.05, 0) is 5.92 Å². The number of fused-ring (bicyclic) bond motifs is 3. The van der Waals surface area contributed by atoms with Crippen molar-refractivity contribution in [3.05, 3.63) is 28.8 Å². The molecule has 146 valence electrons. The van der Waals surface area contributed by atoms with E-state index >= 15 is 0 Å². The Kier molecular flexibility index (Phi) is 4.26. The minimum absolute atomic E-state index is 0.00206. The summed E-state index contributed by atoms with van der Waals surface area (Å²) in [4.78, 5) is 11.3. The highest BCUT2D eigenvalue weighted by Crippen LogP contribution is 2.48. The molecule has 3 heterocycles. The molecule has 10 heteroatoms. The van der Waals surface area contributed by atoms with E-state index in [1.54, 1.807) is 6.20 Å². The molecule has 0 spiro atoms. The number of carbonyl (C=O) groups is 1. The SMILES string of the molecule is CC1Cc2oc(C(=O)O)c(C(F)(F)F)c2-c2nn(C[C@H]3COCCO3)cc21. The third-order valence-corrected chi connectivity index (χ3v) is 4.78. The van der Waals surface area contributed by atoms with Gasteiger partial charge in [-0.3, -0.25) is 4.68 Å². The van der Waals surface area contributed by atoms with Crippen molar-refractivity contribution >= 4 is 5.97 Å². The van der Waals surface area contributed by atoms with Crippen LogP contribution < -0.4 is 0 Å². The van der Waals surface area contributed by atoms with Crippen molar-refractivity contribution in [2.45, 2.75) is 38.1 Å². The second-order valence-corrected chi connectivity index (χ2v) is 6.74. The first-order valence-corrected chi connectivity index (χ1v) is 8.49. The zero-order chi connectivity index (χ0) is 19.3. The van der Waals surface area contributed by atoms with Gasteiger partial charge in [-0.15, -0.1) is 0 Å². The van der Waals surface area contributed by atoms with Gasteiger partial charge in [0.25, 0.3) is 0 Å². The van der Waals surface area contributed by atoms with Crippen molar-refractivity contribution in [3.63, 3.8) is 0 Å². The number of hydrogen-bond donors (Lipinski definition) is 1. The second-order valence-electron chi connectivity index (χ2n) is 6.74. The number of carboxylic acids is 1. The number of halogens is 3. The molecule has 1 N–H and O–H groups in total. The van der Waals surface area contributed by atoms with Crippen LogP contribution in [0, 0.1) is 0 Å². The third kappa shape index (κ3) is 3.12. The first kappa shape index (κ1) is 18.1. The zero-order valence-corrected chi connectivity index (χ0v) is 14.4. The van der Waals surface area contributed by atoms with Gasteiger partial charge in [-0.1, -0.05) is 6.92 Å². The molecular formula is C17H17F3N2O5. The van der Waals surface area contributed by atoms with Crippen LogP contribution >= 0.6 is 0 Å². The summed E-state index contributed by atoms with van der Waals surface area (Å²) in [6.07, 6.45) is -3.25. The van der Waals surface area contributed by atoms with E-state index in [0.29, 0.717) is 31.9 Å². The highest BCUT2D eigenvalue weighted by atomic mass is 19.4. The molecule has 1 aliphatic carbocycles. The van der Waals surface area contributed by atoms with Crippen LogP contribution in [0.15, 0.2) is 10.6 Å². The molecule has 0 aromatic carbocycles. The molecule has 2 aromatic heterocycles. The van der Waals surface area contributed by atoms with Crippen molar-refractivity contribution in [1.29, 1.82) is 0 Å². The number of hydrogen-bond acceptors (Lipinski definition) is 5. The van der Waals surface area contributed by atoms with E-state index in [9.17, 15) is 18.0 Å². The maximum absolute atomic E-state index is 13.6. The van der Waals surface area contributed by atoms with Gasteiger partial charge in [0, 0.05) is 18.2 Å². The topological polar surface area (TPSA) is 86.7 Å². The molecule has 0 radical (unpaired) electrons. The third-order valence-electron chi connectivity index (χ3n) is 4.78. The summed E-state index contributed by atoms with van der Waals surface area (Å²) in [5, 5.41) is 13.5. The number of aromatic nitrogens is 2. The second kappa shape index (κ2) is 6.38. The van der Waals surface area contributed by atoms with Crippen molar-refractivity contribution in [2.24, 2.45) is 0 Å². The number of rotatable bonds is 3. The standard InChI is InChI=1S/C17H17F3N2O5/c1-8-4-11-12(13(17(18,19)20)15(27-11)16(23)24)14-10(8)6-22(21-14)5-9-7-25-2-3-26-9/h6,8-9H,2-5,7H2,1H3,(H,23,24)/t8?,9-/m0/s1. The number of nitrogens with zero attached hydrogens (tertiary/aromatic N) is 2. The van der Waals surface area contributed by atoms with Crippen LogP contribution in [0.2, 0.25) is 0 Å². The molecule has 1 aliphatic heterocycles. The van der Waals surface area contributed by atoms with Gasteiger partial charge >= 0.3 is 12.1 Å². The predicted molar refractivity (Wildman–Crippen MR) is 84.6 cm³/mol. The lowest BCUT2D eigenvalue weighted by molar-refractivity contribution is -0.138. The smallest absolute Gasteiger partial charge is 0.421 e. The molecule has 0 bridgehead atoms. The monoisotopic (exact) mass is 386 g/mol. The van der Waals surface area contributed by atoms with E-state index in [1.807, 2.05) is 6.92 Å². The molecule has 1 unspecified atom stereocenters. The number of alkyl halides is 3. The van der Waals surface area contributed by atoms with Gasteiger partial charge in [-0.2, -0.15) is 18.3 Å². The Bertz CT molecular complexity index is 880. The maximum atomic E-state index is 13.6. The molecule has 2 atom stereocenters. The normalized spacial score (nSPS) is 22.4. The van der Waals surface area contributed by atoms with Crippen LogP contribution in [0.4, 0.5) is 13.2 Å². The Morgan fingerprint density at radius 1 is 1.41 bits per heavy atom. The highest BCUT2D eigenvalue weighted by molar-refractivity contribution is 5.91. The van der Waals surface area contributed by atoms with Crippen LogP contribution in [0.3, 0.4) is 0 Å². The Hall–Kier alpha value is -2.33. The minimum Gasteiger partial charge on any atom is -0.475 e. The Morgan fingerprint density at radius 2 is 2.19 bits per heavy atom. The van der Waals surface area contributed by atoms with Gasteiger partial charge in [0.15, 0.2) is 0 Å². The van der Waals surface area contributed by atoms with Crippen LogP contribution in [0.1, 0.15) is 40.3 Å². The fraction of sp³-hybridized carbons (Fsp3) is 0.529. The summed E-state index contributed by atoms with van der Waals surface area (Å²) >= 11 is 0. The molecule has 2 aliphatic rings. The lowest BCUT2D eigenvalue weighted by Gasteiger charge is -2.22. The summed E-state index contributed by atoms with van der Waals surface area (Å²) in [5.74, 6) is -3.00.